The maximum Gasteiger partial charge on any atom is 0.314 e. The van der Waals surface area contributed by atoms with Crippen molar-refractivity contribution >= 4 is 17.6 Å². The number of halogens is 1. The van der Waals surface area contributed by atoms with Crippen LogP contribution in [0.4, 0.5) is 0 Å². The summed E-state index contributed by atoms with van der Waals surface area (Å²) in [6, 6.07) is 19.7. The minimum Gasteiger partial charge on any atom is -0.459 e. The molecule has 0 radical (unpaired) electrons. The van der Waals surface area contributed by atoms with E-state index in [0.29, 0.717) is 5.02 Å². The van der Waals surface area contributed by atoms with Gasteiger partial charge in [-0.15, -0.1) is 0 Å². The summed E-state index contributed by atoms with van der Waals surface area (Å²) in [6.45, 7) is 4.27. The van der Waals surface area contributed by atoms with Crippen molar-refractivity contribution in [2.45, 2.75) is 32.8 Å². The van der Waals surface area contributed by atoms with Crippen molar-refractivity contribution in [3.8, 4) is 0 Å². The highest BCUT2D eigenvalue weighted by Gasteiger charge is 2.26. The molecule has 0 fully saturated rings. The van der Waals surface area contributed by atoms with Crippen molar-refractivity contribution in [1.82, 2.24) is 4.98 Å². The normalized spacial score (nSPS) is 12.1. The summed E-state index contributed by atoms with van der Waals surface area (Å²) in [6.07, 6.45) is 2.69. The molecule has 1 heterocycles. The largest absolute Gasteiger partial charge is 0.459 e. The minimum atomic E-state index is -0.337. The molecular weight excluding hydrogens is 358 g/mol. The number of H-pyrrole nitrogens is 1. The summed E-state index contributed by atoms with van der Waals surface area (Å²) in [5, 5.41) is 0.625. The molecule has 3 rings (SSSR count). The van der Waals surface area contributed by atoms with E-state index in [9.17, 15) is 4.79 Å². The van der Waals surface area contributed by atoms with Crippen LogP contribution in [0.25, 0.3) is 0 Å². The number of benzene rings is 2. The zero-order valence-corrected chi connectivity index (χ0v) is 16.4. The van der Waals surface area contributed by atoms with Gasteiger partial charge in [0, 0.05) is 11.2 Å². The van der Waals surface area contributed by atoms with Crippen LogP contribution in [0.3, 0.4) is 0 Å². The molecule has 3 aromatic rings. The van der Waals surface area contributed by atoms with Crippen molar-refractivity contribution < 1.29 is 9.53 Å². The quantitative estimate of drug-likeness (QED) is 0.530. The molecule has 27 heavy (non-hydrogen) atoms. The summed E-state index contributed by atoms with van der Waals surface area (Å²) in [5.41, 5.74) is 4.18. The van der Waals surface area contributed by atoms with Crippen LogP contribution >= 0.6 is 11.6 Å². The number of carbonyl (C=O) groups is 1. The van der Waals surface area contributed by atoms with Gasteiger partial charge in [0.2, 0.25) is 0 Å². The van der Waals surface area contributed by atoms with Gasteiger partial charge in [-0.05, 0) is 47.2 Å². The van der Waals surface area contributed by atoms with Crippen LogP contribution in [0.15, 0.2) is 66.9 Å². The molecule has 140 valence electrons. The van der Waals surface area contributed by atoms with Crippen LogP contribution in [0.2, 0.25) is 5.02 Å². The number of aromatic amines is 1. The Morgan fingerprint density at radius 2 is 1.85 bits per heavy atom. The van der Waals surface area contributed by atoms with Crippen LogP contribution in [0, 0.1) is 5.92 Å². The Hall–Kier alpha value is -2.52. The van der Waals surface area contributed by atoms with Crippen molar-refractivity contribution in [2.24, 2.45) is 5.92 Å². The molecule has 4 heteroatoms. The molecule has 0 bridgehead atoms. The Bertz CT molecular complexity index is 886. The van der Waals surface area contributed by atoms with E-state index in [-0.39, 0.29) is 24.4 Å². The Morgan fingerprint density at radius 1 is 1.07 bits per heavy atom. The third-order valence-electron chi connectivity index (χ3n) is 4.65. The monoisotopic (exact) mass is 381 g/mol. The molecule has 0 amide bonds. The number of hydrogen-bond donors (Lipinski definition) is 1. The van der Waals surface area contributed by atoms with E-state index in [1.807, 2.05) is 68.6 Å². The second-order valence-electron chi connectivity index (χ2n) is 7.03. The number of ether oxygens (including phenoxy) is 1. The van der Waals surface area contributed by atoms with Gasteiger partial charge in [-0.2, -0.15) is 0 Å². The topological polar surface area (TPSA) is 42.1 Å². The van der Waals surface area contributed by atoms with Crippen LogP contribution in [-0.4, -0.2) is 11.0 Å². The molecule has 1 N–H and O–H groups in total. The fraction of sp³-hybridized carbons (Fsp3) is 0.261. The Labute approximate surface area is 165 Å². The smallest absolute Gasteiger partial charge is 0.314 e. The van der Waals surface area contributed by atoms with E-state index < -0.39 is 0 Å². The highest BCUT2D eigenvalue weighted by molar-refractivity contribution is 6.30. The summed E-state index contributed by atoms with van der Waals surface area (Å²) in [5.74, 6) is -0.452. The van der Waals surface area contributed by atoms with Gasteiger partial charge >= 0.3 is 5.97 Å². The first-order chi connectivity index (χ1) is 13.0. The minimum absolute atomic E-state index is 0.114. The molecule has 0 spiro atoms. The Balaban J connectivity index is 1.69. The molecule has 3 nitrogen and oxygen atoms in total. The van der Waals surface area contributed by atoms with Gasteiger partial charge in [0.1, 0.15) is 6.61 Å². The van der Waals surface area contributed by atoms with E-state index in [4.69, 9.17) is 16.3 Å². The summed E-state index contributed by atoms with van der Waals surface area (Å²) >= 11 is 6.10. The van der Waals surface area contributed by atoms with Gasteiger partial charge in [0.05, 0.1) is 11.6 Å². The van der Waals surface area contributed by atoms with Crippen molar-refractivity contribution in [1.29, 1.82) is 0 Å². The summed E-state index contributed by atoms with van der Waals surface area (Å²) in [4.78, 5) is 16.0. The molecule has 0 saturated carbocycles. The second-order valence-corrected chi connectivity index (χ2v) is 7.46. The lowest BCUT2D eigenvalue weighted by atomic mass is 9.88. The maximum absolute atomic E-state index is 12.8. The maximum atomic E-state index is 12.8. The number of hydrogen-bond acceptors (Lipinski definition) is 2. The third kappa shape index (κ3) is 5.01. The van der Waals surface area contributed by atoms with Crippen molar-refractivity contribution in [3.63, 3.8) is 0 Å². The predicted octanol–water partition coefficient (Wildman–Crippen LogP) is 5.74. The van der Waals surface area contributed by atoms with Gasteiger partial charge in [-0.25, -0.2) is 0 Å². The molecule has 1 aromatic heterocycles. The lowest BCUT2D eigenvalue weighted by molar-refractivity contribution is -0.148. The van der Waals surface area contributed by atoms with Crippen LogP contribution < -0.4 is 0 Å². The molecule has 0 aliphatic heterocycles. The van der Waals surface area contributed by atoms with Gasteiger partial charge in [0.15, 0.2) is 0 Å². The summed E-state index contributed by atoms with van der Waals surface area (Å²) < 4.78 is 5.67. The van der Waals surface area contributed by atoms with Gasteiger partial charge in [0.25, 0.3) is 0 Å². The lowest BCUT2D eigenvalue weighted by Gasteiger charge is -2.20. The summed E-state index contributed by atoms with van der Waals surface area (Å²) in [7, 11) is 0. The molecule has 1 unspecified atom stereocenters. The molecular formula is C23H24ClNO2. The zero-order chi connectivity index (χ0) is 19.2. The van der Waals surface area contributed by atoms with E-state index in [1.165, 1.54) is 5.56 Å². The number of nitrogens with one attached hydrogen (secondary N) is 1. The van der Waals surface area contributed by atoms with Crippen LogP contribution in [-0.2, 0) is 22.6 Å². The third-order valence-corrected chi connectivity index (χ3v) is 4.89. The van der Waals surface area contributed by atoms with Crippen molar-refractivity contribution in [3.05, 3.63) is 94.3 Å². The average molecular weight is 382 g/mol. The molecule has 0 aliphatic rings. The molecule has 2 aromatic carbocycles. The van der Waals surface area contributed by atoms with Crippen LogP contribution in [0.5, 0.6) is 0 Å². The van der Waals surface area contributed by atoms with E-state index in [1.54, 1.807) is 0 Å². The second kappa shape index (κ2) is 8.92. The SMILES string of the molecule is CC(C)C(C(=O)OCc1[nH]ccc1Cc1ccccc1)c1cccc(Cl)c1. The highest BCUT2D eigenvalue weighted by Crippen LogP contribution is 2.28. The standard InChI is InChI=1S/C23H24ClNO2/c1-16(2)22(19-9-6-10-20(24)14-19)23(26)27-15-21-18(11-12-25-21)13-17-7-4-3-5-8-17/h3-12,14,16,22,25H,13,15H2,1-2H3. The fourth-order valence-corrected chi connectivity index (χ4v) is 3.48. The van der Waals surface area contributed by atoms with Gasteiger partial charge in [-0.3, -0.25) is 4.79 Å². The first-order valence-corrected chi connectivity index (χ1v) is 9.53. The van der Waals surface area contributed by atoms with E-state index in [2.05, 4.69) is 17.1 Å². The zero-order valence-electron chi connectivity index (χ0n) is 15.6. The first-order valence-electron chi connectivity index (χ1n) is 9.15. The first kappa shape index (κ1) is 19.2. The number of carbonyl (C=O) groups excluding carboxylic acids is 1. The average Bonchev–Trinajstić information content (AvgIpc) is 3.08. The Morgan fingerprint density at radius 3 is 2.56 bits per heavy atom. The molecule has 1 atom stereocenters. The fourth-order valence-electron chi connectivity index (χ4n) is 3.28. The predicted molar refractivity (Wildman–Crippen MR) is 109 cm³/mol. The highest BCUT2D eigenvalue weighted by atomic mass is 35.5. The van der Waals surface area contributed by atoms with Gasteiger partial charge < -0.3 is 9.72 Å². The van der Waals surface area contributed by atoms with Gasteiger partial charge in [-0.1, -0.05) is 67.9 Å². The van der Waals surface area contributed by atoms with Crippen LogP contribution in [0.1, 0.15) is 42.1 Å². The number of esters is 1. The number of aromatic nitrogens is 1. The lowest BCUT2D eigenvalue weighted by Crippen LogP contribution is -2.21. The Kier molecular flexibility index (Phi) is 6.36. The van der Waals surface area contributed by atoms with E-state index in [0.717, 1.165) is 23.2 Å². The van der Waals surface area contributed by atoms with E-state index >= 15 is 0 Å². The molecule has 0 saturated heterocycles. The molecule has 0 aliphatic carbocycles. The van der Waals surface area contributed by atoms with Crippen molar-refractivity contribution in [2.75, 3.05) is 0 Å². The number of rotatable bonds is 7.